The van der Waals surface area contributed by atoms with Gasteiger partial charge in [-0.2, -0.15) is 0 Å². The molecule has 1 aliphatic heterocycles. The number of morpholine rings is 1. The molecule has 0 bridgehead atoms. The van der Waals surface area contributed by atoms with E-state index < -0.39 is 0 Å². The van der Waals surface area contributed by atoms with Gasteiger partial charge in [-0.15, -0.1) is 0 Å². The summed E-state index contributed by atoms with van der Waals surface area (Å²) in [5.41, 5.74) is 11.4. The Labute approximate surface area is 127 Å². The average Bonchev–Trinajstić information content (AvgIpc) is 2.57. The van der Waals surface area contributed by atoms with Crippen LogP contribution < -0.4 is 11.2 Å². The molecule has 0 atom stereocenters. The number of hydrazine groups is 1. The maximum atomic E-state index is 6.12. The molecule has 0 aromatic heterocycles. The van der Waals surface area contributed by atoms with E-state index in [1.165, 1.54) is 18.4 Å². The first kappa shape index (κ1) is 15.0. The molecule has 0 radical (unpaired) electrons. The zero-order valence-corrected chi connectivity index (χ0v) is 12.8. The smallest absolute Gasteiger partial charge is 0.0608 e. The molecular formula is C17H27N3O. The van der Waals surface area contributed by atoms with Crippen molar-refractivity contribution in [3.63, 3.8) is 0 Å². The van der Waals surface area contributed by atoms with E-state index in [9.17, 15) is 0 Å². The van der Waals surface area contributed by atoms with Gasteiger partial charge in [0.1, 0.15) is 0 Å². The van der Waals surface area contributed by atoms with Crippen LogP contribution >= 0.6 is 0 Å². The number of rotatable bonds is 4. The molecule has 4 heteroatoms. The van der Waals surface area contributed by atoms with Crippen molar-refractivity contribution in [2.75, 3.05) is 32.8 Å². The lowest BCUT2D eigenvalue weighted by Crippen LogP contribution is -2.61. The molecule has 2 fully saturated rings. The molecule has 116 valence electrons. The van der Waals surface area contributed by atoms with Gasteiger partial charge in [0.25, 0.3) is 0 Å². The number of nitrogens with two attached hydrogens (primary N) is 1. The van der Waals surface area contributed by atoms with E-state index in [4.69, 9.17) is 10.5 Å². The zero-order chi connectivity index (χ0) is 14.5. The largest absolute Gasteiger partial charge is 0.379 e. The molecule has 2 aliphatic rings. The van der Waals surface area contributed by atoms with Crippen molar-refractivity contribution in [2.24, 2.45) is 5.73 Å². The number of hydrogen-bond donors (Lipinski definition) is 2. The predicted octanol–water partition coefficient (Wildman–Crippen LogP) is 1.88. The first-order chi connectivity index (χ1) is 10.3. The molecule has 1 aromatic carbocycles. The van der Waals surface area contributed by atoms with Crippen LogP contribution in [-0.4, -0.2) is 43.4 Å². The van der Waals surface area contributed by atoms with Gasteiger partial charge in [-0.25, -0.2) is 10.4 Å². The van der Waals surface area contributed by atoms with Gasteiger partial charge in [-0.1, -0.05) is 30.3 Å². The predicted molar refractivity (Wildman–Crippen MR) is 85.0 cm³/mol. The first-order valence-electron chi connectivity index (χ1n) is 8.17. The first-order valence-corrected chi connectivity index (χ1v) is 8.17. The lowest BCUT2D eigenvalue weighted by atomic mass is 9.74. The number of nitrogens with one attached hydrogen (secondary N) is 1. The normalized spacial score (nSPS) is 31.2. The summed E-state index contributed by atoms with van der Waals surface area (Å²) in [5.74, 6) is 0.692. The molecule has 1 aliphatic carbocycles. The lowest BCUT2D eigenvalue weighted by Gasteiger charge is -2.44. The quantitative estimate of drug-likeness (QED) is 0.888. The fourth-order valence-corrected chi connectivity index (χ4v) is 3.60. The van der Waals surface area contributed by atoms with Crippen LogP contribution in [0, 0.1) is 0 Å². The number of hydrogen-bond acceptors (Lipinski definition) is 4. The van der Waals surface area contributed by atoms with Crippen molar-refractivity contribution in [1.29, 1.82) is 0 Å². The average molecular weight is 289 g/mol. The highest BCUT2D eigenvalue weighted by Gasteiger charge is 2.36. The summed E-state index contributed by atoms with van der Waals surface area (Å²) in [6.45, 7) is 4.28. The molecule has 1 saturated carbocycles. The molecule has 4 nitrogen and oxygen atoms in total. The van der Waals surface area contributed by atoms with Crippen LogP contribution in [0.25, 0.3) is 0 Å². The SMILES string of the molecule is NCC1(NN2CCOCC2)CCC(c2ccccc2)CC1. The second-order valence-electron chi connectivity index (χ2n) is 6.38. The summed E-state index contributed by atoms with van der Waals surface area (Å²) < 4.78 is 5.42. The Morgan fingerprint density at radius 2 is 1.81 bits per heavy atom. The minimum Gasteiger partial charge on any atom is -0.379 e. The third kappa shape index (κ3) is 3.64. The van der Waals surface area contributed by atoms with Crippen LogP contribution in [-0.2, 0) is 4.74 Å². The molecular weight excluding hydrogens is 262 g/mol. The standard InChI is InChI=1S/C17H27N3O/c18-14-17(19-20-10-12-21-13-11-20)8-6-16(7-9-17)15-4-2-1-3-5-15/h1-5,16,19H,6-14,18H2. The Kier molecular flexibility index (Phi) is 4.91. The zero-order valence-electron chi connectivity index (χ0n) is 12.8. The van der Waals surface area contributed by atoms with E-state index >= 15 is 0 Å². The molecule has 1 heterocycles. The van der Waals surface area contributed by atoms with E-state index in [-0.39, 0.29) is 5.54 Å². The van der Waals surface area contributed by atoms with Gasteiger partial charge in [0.15, 0.2) is 0 Å². The fourth-order valence-electron chi connectivity index (χ4n) is 3.60. The number of benzene rings is 1. The maximum Gasteiger partial charge on any atom is 0.0608 e. The summed E-state index contributed by atoms with van der Waals surface area (Å²) in [5, 5.41) is 2.30. The molecule has 1 aromatic rings. The third-order valence-corrected chi connectivity index (χ3v) is 5.01. The summed E-state index contributed by atoms with van der Waals surface area (Å²) in [7, 11) is 0. The van der Waals surface area contributed by atoms with E-state index in [0.717, 1.165) is 39.1 Å². The highest BCUT2D eigenvalue weighted by Crippen LogP contribution is 2.37. The number of ether oxygens (including phenoxy) is 1. The third-order valence-electron chi connectivity index (χ3n) is 5.01. The van der Waals surface area contributed by atoms with E-state index in [0.29, 0.717) is 12.5 Å². The van der Waals surface area contributed by atoms with Gasteiger partial charge in [0.05, 0.1) is 13.2 Å². The van der Waals surface area contributed by atoms with E-state index in [2.05, 4.69) is 40.8 Å². The molecule has 0 spiro atoms. The lowest BCUT2D eigenvalue weighted by molar-refractivity contribution is -0.0194. The minimum absolute atomic E-state index is 0.0859. The molecule has 1 saturated heterocycles. The topological polar surface area (TPSA) is 50.5 Å². The van der Waals surface area contributed by atoms with Crippen molar-refractivity contribution in [2.45, 2.75) is 37.1 Å². The molecule has 3 N–H and O–H groups in total. The Morgan fingerprint density at radius 1 is 1.14 bits per heavy atom. The number of nitrogens with zero attached hydrogens (tertiary/aromatic N) is 1. The molecule has 3 rings (SSSR count). The van der Waals surface area contributed by atoms with Crippen LogP contribution in [0.3, 0.4) is 0 Å². The van der Waals surface area contributed by atoms with Gasteiger partial charge in [0.2, 0.25) is 0 Å². The van der Waals surface area contributed by atoms with Gasteiger partial charge in [0, 0.05) is 25.2 Å². The van der Waals surface area contributed by atoms with Crippen molar-refractivity contribution in [3.05, 3.63) is 35.9 Å². The summed E-state index contributed by atoms with van der Waals surface area (Å²) in [4.78, 5) is 0. The van der Waals surface area contributed by atoms with E-state index in [1.54, 1.807) is 0 Å². The molecule has 21 heavy (non-hydrogen) atoms. The van der Waals surface area contributed by atoms with Gasteiger partial charge >= 0.3 is 0 Å². The second kappa shape index (κ2) is 6.88. The Balaban J connectivity index is 1.59. The molecule has 0 unspecified atom stereocenters. The maximum absolute atomic E-state index is 6.12. The van der Waals surface area contributed by atoms with Crippen molar-refractivity contribution < 1.29 is 4.74 Å². The molecule has 0 amide bonds. The second-order valence-corrected chi connectivity index (χ2v) is 6.38. The van der Waals surface area contributed by atoms with Gasteiger partial charge in [-0.05, 0) is 37.2 Å². The Morgan fingerprint density at radius 3 is 2.43 bits per heavy atom. The Bertz CT molecular complexity index is 423. The van der Waals surface area contributed by atoms with Crippen LogP contribution in [0.4, 0.5) is 0 Å². The van der Waals surface area contributed by atoms with Crippen LogP contribution in [0.5, 0.6) is 0 Å². The van der Waals surface area contributed by atoms with Gasteiger partial charge < -0.3 is 10.5 Å². The van der Waals surface area contributed by atoms with Crippen LogP contribution in [0.1, 0.15) is 37.2 Å². The highest BCUT2D eigenvalue weighted by molar-refractivity contribution is 5.20. The van der Waals surface area contributed by atoms with Crippen molar-refractivity contribution in [1.82, 2.24) is 10.4 Å². The summed E-state index contributed by atoms with van der Waals surface area (Å²) >= 11 is 0. The van der Waals surface area contributed by atoms with Crippen molar-refractivity contribution >= 4 is 0 Å². The van der Waals surface area contributed by atoms with Crippen LogP contribution in [0.15, 0.2) is 30.3 Å². The fraction of sp³-hybridized carbons (Fsp3) is 0.647. The summed E-state index contributed by atoms with van der Waals surface area (Å²) in [6, 6.07) is 10.9. The highest BCUT2D eigenvalue weighted by atomic mass is 16.5. The Hall–Kier alpha value is -0.940. The monoisotopic (exact) mass is 289 g/mol. The van der Waals surface area contributed by atoms with Gasteiger partial charge in [-0.3, -0.25) is 0 Å². The van der Waals surface area contributed by atoms with Crippen LogP contribution in [0.2, 0.25) is 0 Å². The minimum atomic E-state index is 0.0859. The van der Waals surface area contributed by atoms with E-state index in [1.807, 2.05) is 0 Å². The summed E-state index contributed by atoms with van der Waals surface area (Å²) in [6.07, 6.45) is 4.75. The van der Waals surface area contributed by atoms with Crippen molar-refractivity contribution in [3.8, 4) is 0 Å².